The lowest BCUT2D eigenvalue weighted by Crippen LogP contribution is -2.10. The first-order chi connectivity index (χ1) is 7.53. The highest BCUT2D eigenvalue weighted by Crippen LogP contribution is 2.24. The predicted octanol–water partition coefficient (Wildman–Crippen LogP) is 4.86. The quantitative estimate of drug-likeness (QED) is 0.623. The average Bonchev–Trinajstić information content (AvgIpc) is 2.07. The summed E-state index contributed by atoms with van der Waals surface area (Å²) in [5, 5.41) is 0. The lowest BCUT2D eigenvalue weighted by Gasteiger charge is -2.18. The Balaban J connectivity index is 4.65. The van der Waals surface area contributed by atoms with Gasteiger partial charge in [0, 0.05) is 11.9 Å². The monoisotopic (exact) mass is 236 g/mol. The van der Waals surface area contributed by atoms with Crippen LogP contribution in [0.4, 0.5) is 0 Å². The van der Waals surface area contributed by atoms with E-state index < -0.39 is 0 Å². The van der Waals surface area contributed by atoms with Crippen LogP contribution >= 0.6 is 0 Å². The van der Waals surface area contributed by atoms with Crippen LogP contribution in [0.3, 0.4) is 0 Å². The highest BCUT2D eigenvalue weighted by Gasteiger charge is 2.13. The van der Waals surface area contributed by atoms with E-state index in [4.69, 9.17) is 0 Å². The molecule has 0 aliphatic heterocycles. The van der Waals surface area contributed by atoms with Gasteiger partial charge in [0.05, 0.1) is 5.70 Å². The molecule has 0 bridgehead atoms. The first kappa shape index (κ1) is 16.1. The van der Waals surface area contributed by atoms with Crippen molar-refractivity contribution >= 4 is 12.4 Å². The molecular formula is C15H28N2. The van der Waals surface area contributed by atoms with Crippen molar-refractivity contribution in [2.75, 3.05) is 0 Å². The highest BCUT2D eigenvalue weighted by atomic mass is 14.8. The molecule has 0 aliphatic carbocycles. The SMILES string of the molecule is C=N/C(=C\N=C(C)CC(C)(C)C)CC(C)(C)C. The van der Waals surface area contributed by atoms with Crippen molar-refractivity contribution in [1.82, 2.24) is 0 Å². The second kappa shape index (κ2) is 6.13. The maximum absolute atomic E-state index is 4.49. The van der Waals surface area contributed by atoms with Crippen molar-refractivity contribution in [3.63, 3.8) is 0 Å². The maximum Gasteiger partial charge on any atom is 0.0583 e. The third-order valence-corrected chi connectivity index (χ3v) is 2.13. The topological polar surface area (TPSA) is 24.7 Å². The van der Waals surface area contributed by atoms with Gasteiger partial charge >= 0.3 is 0 Å². The molecule has 0 radical (unpaired) electrons. The fourth-order valence-electron chi connectivity index (χ4n) is 1.68. The molecular weight excluding hydrogens is 208 g/mol. The predicted molar refractivity (Wildman–Crippen MR) is 78.9 cm³/mol. The Hall–Kier alpha value is -0.920. The van der Waals surface area contributed by atoms with Gasteiger partial charge in [0.15, 0.2) is 0 Å². The van der Waals surface area contributed by atoms with Crippen LogP contribution < -0.4 is 0 Å². The minimum absolute atomic E-state index is 0.223. The van der Waals surface area contributed by atoms with Gasteiger partial charge in [0.25, 0.3) is 0 Å². The van der Waals surface area contributed by atoms with Gasteiger partial charge in [0.1, 0.15) is 0 Å². The lowest BCUT2D eigenvalue weighted by atomic mass is 9.90. The summed E-state index contributed by atoms with van der Waals surface area (Å²) in [5.74, 6) is 0. The summed E-state index contributed by atoms with van der Waals surface area (Å²) in [7, 11) is 0. The first-order valence-electron chi connectivity index (χ1n) is 6.22. The Bertz CT molecular complexity index is 309. The van der Waals surface area contributed by atoms with E-state index in [0.29, 0.717) is 0 Å². The maximum atomic E-state index is 4.49. The van der Waals surface area contributed by atoms with Crippen molar-refractivity contribution in [1.29, 1.82) is 0 Å². The Morgan fingerprint density at radius 1 is 1.00 bits per heavy atom. The lowest BCUT2D eigenvalue weighted by molar-refractivity contribution is 0.408. The number of nitrogens with zero attached hydrogens (tertiary/aromatic N) is 2. The summed E-state index contributed by atoms with van der Waals surface area (Å²) in [6, 6.07) is 0. The van der Waals surface area contributed by atoms with Gasteiger partial charge in [-0.2, -0.15) is 0 Å². The molecule has 98 valence electrons. The molecule has 17 heavy (non-hydrogen) atoms. The Labute approximate surface area is 107 Å². The third-order valence-electron chi connectivity index (χ3n) is 2.13. The van der Waals surface area contributed by atoms with Crippen LogP contribution in [0, 0.1) is 10.8 Å². The van der Waals surface area contributed by atoms with E-state index in [1.165, 1.54) is 0 Å². The molecule has 0 atom stereocenters. The molecule has 0 saturated carbocycles. The fraction of sp³-hybridized carbons (Fsp3) is 0.733. The number of hydrogen-bond acceptors (Lipinski definition) is 2. The molecule has 0 unspecified atom stereocenters. The van der Waals surface area contributed by atoms with E-state index >= 15 is 0 Å². The number of allylic oxidation sites excluding steroid dienone is 1. The van der Waals surface area contributed by atoms with Crippen LogP contribution in [-0.4, -0.2) is 12.4 Å². The smallest absolute Gasteiger partial charge is 0.0583 e. The zero-order valence-corrected chi connectivity index (χ0v) is 12.6. The standard InChI is InChI=1S/C15H28N2/c1-12(9-14(2,3)4)17-11-13(16-8)10-15(5,6)7/h11H,8-10H2,1-7H3/b13-11-,17-12?. The Morgan fingerprint density at radius 3 is 1.82 bits per heavy atom. The van der Waals surface area contributed by atoms with Gasteiger partial charge in [-0.15, -0.1) is 0 Å². The van der Waals surface area contributed by atoms with Crippen LogP contribution in [0.2, 0.25) is 0 Å². The molecule has 0 fully saturated rings. The third kappa shape index (κ3) is 9.98. The molecule has 0 aromatic rings. The normalized spacial score (nSPS) is 15.0. The average molecular weight is 236 g/mol. The zero-order chi connectivity index (χ0) is 13.7. The summed E-state index contributed by atoms with van der Waals surface area (Å²) in [6.07, 6.45) is 3.77. The second-order valence-electron chi connectivity index (χ2n) is 7.12. The van der Waals surface area contributed by atoms with Gasteiger partial charge in [0.2, 0.25) is 0 Å². The molecule has 0 saturated heterocycles. The molecule has 0 aromatic heterocycles. The number of hydrogen-bond donors (Lipinski definition) is 0. The molecule has 0 spiro atoms. The van der Waals surface area contributed by atoms with Gasteiger partial charge in [-0.1, -0.05) is 41.5 Å². The summed E-state index contributed by atoms with van der Waals surface area (Å²) >= 11 is 0. The number of aliphatic imine (C=N–C) groups is 2. The van der Waals surface area contributed by atoms with Crippen molar-refractivity contribution < 1.29 is 0 Å². The van der Waals surface area contributed by atoms with Crippen LogP contribution in [0.25, 0.3) is 0 Å². The summed E-state index contributed by atoms with van der Waals surface area (Å²) in [4.78, 5) is 8.53. The Morgan fingerprint density at radius 2 is 1.47 bits per heavy atom. The Kier molecular flexibility index (Phi) is 5.80. The molecule has 2 heteroatoms. The number of rotatable bonds is 4. The summed E-state index contributed by atoms with van der Waals surface area (Å²) in [5.41, 5.74) is 2.62. The zero-order valence-electron chi connectivity index (χ0n) is 12.6. The summed E-state index contributed by atoms with van der Waals surface area (Å²) < 4.78 is 0. The molecule has 2 nitrogen and oxygen atoms in total. The fourth-order valence-corrected chi connectivity index (χ4v) is 1.68. The minimum Gasteiger partial charge on any atom is -0.267 e. The van der Waals surface area contributed by atoms with E-state index in [2.05, 4.69) is 65.2 Å². The van der Waals surface area contributed by atoms with Crippen LogP contribution in [0.1, 0.15) is 61.3 Å². The molecule has 0 aliphatic rings. The van der Waals surface area contributed by atoms with Crippen molar-refractivity contribution in [2.45, 2.75) is 61.3 Å². The molecule has 0 amide bonds. The van der Waals surface area contributed by atoms with E-state index in [1.54, 1.807) is 0 Å². The summed E-state index contributed by atoms with van der Waals surface area (Å²) in [6.45, 7) is 18.9. The first-order valence-corrected chi connectivity index (χ1v) is 6.22. The molecule has 0 rings (SSSR count). The van der Waals surface area contributed by atoms with E-state index in [9.17, 15) is 0 Å². The van der Waals surface area contributed by atoms with Gasteiger partial charge in [-0.05, 0) is 37.3 Å². The second-order valence-corrected chi connectivity index (χ2v) is 7.12. The van der Waals surface area contributed by atoms with Crippen molar-refractivity contribution in [3.8, 4) is 0 Å². The molecule has 0 aromatic carbocycles. The van der Waals surface area contributed by atoms with Crippen LogP contribution in [0.15, 0.2) is 21.9 Å². The van der Waals surface area contributed by atoms with E-state index in [1.807, 2.05) is 6.20 Å². The van der Waals surface area contributed by atoms with Crippen LogP contribution in [0.5, 0.6) is 0 Å². The highest BCUT2D eigenvalue weighted by molar-refractivity contribution is 5.83. The van der Waals surface area contributed by atoms with Gasteiger partial charge < -0.3 is 0 Å². The van der Waals surface area contributed by atoms with Crippen LogP contribution in [-0.2, 0) is 0 Å². The van der Waals surface area contributed by atoms with Crippen molar-refractivity contribution in [3.05, 3.63) is 11.9 Å². The van der Waals surface area contributed by atoms with E-state index in [-0.39, 0.29) is 10.8 Å². The molecule has 0 heterocycles. The van der Waals surface area contributed by atoms with Gasteiger partial charge in [-0.3, -0.25) is 9.98 Å². The minimum atomic E-state index is 0.223. The van der Waals surface area contributed by atoms with Crippen molar-refractivity contribution in [2.24, 2.45) is 20.8 Å². The van der Waals surface area contributed by atoms with Gasteiger partial charge in [-0.25, -0.2) is 0 Å². The molecule has 0 N–H and O–H groups in total. The van der Waals surface area contributed by atoms with E-state index in [0.717, 1.165) is 24.3 Å². The largest absolute Gasteiger partial charge is 0.267 e.